The van der Waals surface area contributed by atoms with E-state index in [0.717, 1.165) is 25.7 Å². The molecule has 0 aromatic heterocycles. The van der Waals surface area contributed by atoms with Crippen molar-refractivity contribution in [2.75, 3.05) is 13.2 Å². The van der Waals surface area contributed by atoms with E-state index >= 15 is 0 Å². The Morgan fingerprint density at radius 3 is 1.79 bits per heavy atom. The summed E-state index contributed by atoms with van der Waals surface area (Å²) in [6, 6.07) is 0. The molecule has 0 aliphatic heterocycles. The van der Waals surface area contributed by atoms with Crippen LogP contribution < -0.4 is 0 Å². The molecule has 0 saturated heterocycles. The van der Waals surface area contributed by atoms with Crippen LogP contribution in [-0.2, 0) is 18.2 Å². The third-order valence-corrected chi connectivity index (χ3v) is 4.12. The van der Waals surface area contributed by atoms with Gasteiger partial charge in [0, 0.05) is 0 Å². The van der Waals surface area contributed by atoms with E-state index in [-0.39, 0.29) is 0 Å². The first kappa shape index (κ1) is 14.2. The molecule has 0 radical (unpaired) electrons. The van der Waals surface area contributed by atoms with E-state index in [1.165, 1.54) is 0 Å². The van der Waals surface area contributed by atoms with Gasteiger partial charge < -0.3 is 9.05 Å². The maximum Gasteiger partial charge on any atom is 0.419 e. The average molecular weight is 240 g/mol. The molecule has 0 atom stereocenters. The summed E-state index contributed by atoms with van der Waals surface area (Å²) in [6.07, 6.45) is 3.50. The second-order valence-corrected chi connectivity index (χ2v) is 6.50. The van der Waals surface area contributed by atoms with E-state index in [1.807, 2.05) is 13.8 Å². The molecule has 0 fully saturated rings. The Balaban J connectivity index is 3.80. The fourth-order valence-electron chi connectivity index (χ4n) is 0.733. The molecule has 4 nitrogen and oxygen atoms in total. The minimum Gasteiger partial charge on any atom is -0.300 e. The number of hydrogen-bond acceptors (Lipinski definition) is 4. The van der Waals surface area contributed by atoms with Crippen LogP contribution in [0.1, 0.15) is 39.5 Å². The second kappa shape index (κ2) is 8.55. The van der Waals surface area contributed by atoms with Crippen molar-refractivity contribution in [2.24, 2.45) is 0 Å². The third-order valence-electron chi connectivity index (χ3n) is 1.60. The number of hydrogen-bond donors (Lipinski definition) is 0. The van der Waals surface area contributed by atoms with Crippen LogP contribution in [0.5, 0.6) is 0 Å². The van der Waals surface area contributed by atoms with Crippen molar-refractivity contribution in [3.05, 3.63) is 0 Å². The maximum atomic E-state index is 11.6. The Hall–Kier alpha value is 0.250. The van der Waals surface area contributed by atoms with Crippen LogP contribution in [0.15, 0.2) is 0 Å². The van der Waals surface area contributed by atoms with Crippen molar-refractivity contribution in [3.63, 3.8) is 0 Å². The molecule has 0 spiro atoms. The van der Waals surface area contributed by atoms with Gasteiger partial charge in [-0.2, -0.15) is 0 Å². The Morgan fingerprint density at radius 2 is 1.50 bits per heavy atom. The zero-order valence-electron chi connectivity index (χ0n) is 8.77. The zero-order chi connectivity index (χ0) is 10.9. The summed E-state index contributed by atoms with van der Waals surface area (Å²) in [4.78, 5) is 0. The molecule has 0 saturated carbocycles. The summed E-state index contributed by atoms with van der Waals surface area (Å²) in [5, 5.41) is 0. The van der Waals surface area contributed by atoms with Gasteiger partial charge in [-0.1, -0.05) is 26.7 Å². The average Bonchev–Trinajstić information content (AvgIpc) is 2.19. The molecular weight excluding hydrogens is 222 g/mol. The molecule has 0 heterocycles. The minimum absolute atomic E-state index is 0.342. The van der Waals surface area contributed by atoms with Gasteiger partial charge in [-0.25, -0.2) is 4.57 Å². The molecule has 84 valence electrons. The highest BCUT2D eigenvalue weighted by Crippen LogP contribution is 2.60. The molecule has 0 aliphatic rings. The smallest absolute Gasteiger partial charge is 0.300 e. The van der Waals surface area contributed by atoms with Crippen molar-refractivity contribution in [3.8, 4) is 0 Å². The normalized spacial score (nSPS) is 12.1. The quantitative estimate of drug-likeness (QED) is 0.451. The Labute approximate surface area is 87.0 Å². The first-order valence-electron chi connectivity index (χ1n) is 4.92. The molecular formula is C8H18O4P2. The summed E-state index contributed by atoms with van der Waals surface area (Å²) >= 11 is 0. The molecule has 0 bridgehead atoms. The summed E-state index contributed by atoms with van der Waals surface area (Å²) in [7, 11) is -3.88. The van der Waals surface area contributed by atoms with Gasteiger partial charge in [0.05, 0.1) is 13.2 Å². The van der Waals surface area contributed by atoms with Gasteiger partial charge in [-0.3, -0.25) is 4.57 Å². The predicted octanol–water partition coefficient (Wildman–Crippen LogP) is 4.02. The first-order valence-corrected chi connectivity index (χ1v) is 7.98. The summed E-state index contributed by atoms with van der Waals surface area (Å²) < 4.78 is 32.1. The van der Waals surface area contributed by atoms with Gasteiger partial charge >= 0.3 is 7.28 Å². The monoisotopic (exact) mass is 240 g/mol. The van der Waals surface area contributed by atoms with Crippen molar-refractivity contribution < 1.29 is 18.2 Å². The zero-order valence-corrected chi connectivity index (χ0v) is 10.6. The Morgan fingerprint density at radius 1 is 1.07 bits per heavy atom. The standard InChI is InChI=1S/C8H18O4P2/c1-3-5-7-11-14(10,13-9)12-8-6-4-2/h3-8H2,1-2H3. The van der Waals surface area contributed by atoms with Crippen LogP contribution in [0.2, 0.25) is 0 Å². The van der Waals surface area contributed by atoms with Crippen LogP contribution in [-0.4, -0.2) is 13.2 Å². The molecule has 14 heavy (non-hydrogen) atoms. The van der Waals surface area contributed by atoms with E-state index in [9.17, 15) is 9.13 Å². The molecule has 6 heteroatoms. The number of unbranched alkanes of at least 4 members (excludes halogenated alkanes) is 2. The summed E-state index contributed by atoms with van der Waals surface area (Å²) in [5.74, 6) is 0. The summed E-state index contributed by atoms with van der Waals surface area (Å²) in [6.45, 7) is 4.69. The lowest BCUT2D eigenvalue weighted by molar-refractivity contribution is 0.213. The fraction of sp³-hybridized carbons (Fsp3) is 1.00. The first-order chi connectivity index (χ1) is 6.68. The maximum absolute atomic E-state index is 11.6. The highest BCUT2D eigenvalue weighted by molar-refractivity contribution is 8.14. The van der Waals surface area contributed by atoms with Crippen LogP contribution in [0.25, 0.3) is 0 Å². The highest BCUT2D eigenvalue weighted by Gasteiger charge is 2.24. The van der Waals surface area contributed by atoms with Gasteiger partial charge in [0.2, 0.25) is 0 Å². The Kier molecular flexibility index (Phi) is 8.70. The molecule has 0 aromatic rings. The molecule has 0 aliphatic carbocycles. The van der Waals surface area contributed by atoms with Gasteiger partial charge in [0.1, 0.15) is 0 Å². The van der Waals surface area contributed by atoms with Crippen LogP contribution >= 0.6 is 15.4 Å². The fourth-order valence-corrected chi connectivity index (χ4v) is 2.39. The van der Waals surface area contributed by atoms with E-state index in [4.69, 9.17) is 9.05 Å². The lowest BCUT2D eigenvalue weighted by Crippen LogP contribution is -1.94. The van der Waals surface area contributed by atoms with Gasteiger partial charge in [0.15, 0.2) is 0 Å². The molecule has 0 unspecified atom stereocenters. The van der Waals surface area contributed by atoms with Crippen LogP contribution in [0.4, 0.5) is 0 Å². The van der Waals surface area contributed by atoms with Crippen LogP contribution in [0.3, 0.4) is 0 Å². The van der Waals surface area contributed by atoms with Gasteiger partial charge in [-0.15, -0.1) is 0 Å². The molecule has 0 amide bonds. The van der Waals surface area contributed by atoms with Crippen molar-refractivity contribution in [1.82, 2.24) is 0 Å². The molecule has 0 aromatic carbocycles. The predicted molar refractivity (Wildman–Crippen MR) is 56.9 cm³/mol. The van der Waals surface area contributed by atoms with Crippen LogP contribution in [0, 0.1) is 0 Å². The largest absolute Gasteiger partial charge is 0.419 e. The van der Waals surface area contributed by atoms with E-state index in [1.54, 1.807) is 0 Å². The number of rotatable bonds is 9. The van der Waals surface area contributed by atoms with E-state index in [0.29, 0.717) is 13.2 Å². The third kappa shape index (κ3) is 6.67. The molecule has 0 N–H and O–H groups in total. The SMILES string of the molecule is CCCCOP(=O)(OCCCC)P=O. The molecule has 0 rings (SSSR count). The van der Waals surface area contributed by atoms with E-state index < -0.39 is 15.4 Å². The summed E-state index contributed by atoms with van der Waals surface area (Å²) in [5.41, 5.74) is 0. The highest BCUT2D eigenvalue weighted by atomic mass is 32.1. The van der Waals surface area contributed by atoms with Crippen molar-refractivity contribution in [1.29, 1.82) is 0 Å². The lowest BCUT2D eigenvalue weighted by atomic mass is 10.4. The van der Waals surface area contributed by atoms with Crippen molar-refractivity contribution >= 4 is 15.4 Å². The lowest BCUT2D eigenvalue weighted by Gasteiger charge is -2.10. The van der Waals surface area contributed by atoms with Crippen molar-refractivity contribution in [2.45, 2.75) is 39.5 Å². The van der Waals surface area contributed by atoms with Gasteiger partial charge in [0.25, 0.3) is 8.15 Å². The minimum atomic E-state index is -3.34. The topological polar surface area (TPSA) is 52.6 Å². The second-order valence-electron chi connectivity index (χ2n) is 2.92. The van der Waals surface area contributed by atoms with E-state index in [2.05, 4.69) is 0 Å². The Bertz CT molecular complexity index is 182. The van der Waals surface area contributed by atoms with Gasteiger partial charge in [-0.05, 0) is 12.8 Å².